The Morgan fingerprint density at radius 2 is 1.95 bits per heavy atom. The Kier molecular flexibility index (Phi) is 7.19. The summed E-state index contributed by atoms with van der Waals surface area (Å²) in [5.41, 5.74) is 1.95. The second kappa shape index (κ2) is 8.70. The Labute approximate surface area is 116 Å². The van der Waals surface area contributed by atoms with Crippen molar-refractivity contribution in [3.05, 3.63) is 29.8 Å². The minimum Gasteiger partial charge on any atom is -0.276 e. The van der Waals surface area contributed by atoms with Crippen molar-refractivity contribution in [3.8, 4) is 0 Å². The summed E-state index contributed by atoms with van der Waals surface area (Å²) in [5, 5.41) is 1.33. The SMILES string of the molecule is CCCCC(CC)CON(C=O)c1ccc(C)cc1. The fourth-order valence-corrected chi connectivity index (χ4v) is 1.94. The lowest BCUT2D eigenvalue weighted by Crippen LogP contribution is -2.25. The molecule has 0 saturated carbocycles. The zero-order valence-electron chi connectivity index (χ0n) is 12.3. The molecule has 0 aliphatic carbocycles. The molecule has 0 radical (unpaired) electrons. The standard InChI is InChI=1S/C16H25NO2/c1-4-6-7-15(5-2)12-19-17(13-18)16-10-8-14(3)9-11-16/h8-11,13,15H,4-7,12H2,1-3H3. The topological polar surface area (TPSA) is 29.5 Å². The number of hydroxylamine groups is 1. The highest BCUT2D eigenvalue weighted by atomic mass is 16.7. The van der Waals surface area contributed by atoms with Gasteiger partial charge in [0.25, 0.3) is 0 Å². The quantitative estimate of drug-likeness (QED) is 0.496. The van der Waals surface area contributed by atoms with Gasteiger partial charge in [0.05, 0.1) is 12.3 Å². The maximum Gasteiger partial charge on any atom is 0.238 e. The average Bonchev–Trinajstić information content (AvgIpc) is 2.44. The van der Waals surface area contributed by atoms with Crippen LogP contribution in [0.1, 0.15) is 45.1 Å². The van der Waals surface area contributed by atoms with Crippen LogP contribution in [0.4, 0.5) is 5.69 Å². The minimum atomic E-state index is 0.521. The molecular formula is C16H25NO2. The second-order valence-electron chi connectivity index (χ2n) is 4.98. The van der Waals surface area contributed by atoms with Gasteiger partial charge >= 0.3 is 0 Å². The van der Waals surface area contributed by atoms with Crippen molar-refractivity contribution < 1.29 is 9.63 Å². The number of unbranched alkanes of at least 4 members (excludes halogenated alkanes) is 1. The van der Waals surface area contributed by atoms with Gasteiger partial charge in [0.2, 0.25) is 6.41 Å². The van der Waals surface area contributed by atoms with Gasteiger partial charge in [0.15, 0.2) is 0 Å². The van der Waals surface area contributed by atoms with Gasteiger partial charge in [-0.1, -0.05) is 50.8 Å². The first-order valence-corrected chi connectivity index (χ1v) is 7.15. The molecule has 19 heavy (non-hydrogen) atoms. The molecule has 0 bridgehead atoms. The van der Waals surface area contributed by atoms with Gasteiger partial charge in [-0.15, -0.1) is 0 Å². The molecule has 1 aromatic carbocycles. The summed E-state index contributed by atoms with van der Waals surface area (Å²) >= 11 is 0. The van der Waals surface area contributed by atoms with E-state index in [0.29, 0.717) is 12.5 Å². The van der Waals surface area contributed by atoms with Crippen LogP contribution in [0.5, 0.6) is 0 Å². The molecule has 0 aliphatic rings. The van der Waals surface area contributed by atoms with Crippen LogP contribution < -0.4 is 5.06 Å². The largest absolute Gasteiger partial charge is 0.276 e. The molecule has 3 nitrogen and oxygen atoms in total. The van der Waals surface area contributed by atoms with Gasteiger partial charge < -0.3 is 0 Å². The number of hydrogen-bond acceptors (Lipinski definition) is 2. The van der Waals surface area contributed by atoms with Crippen LogP contribution >= 0.6 is 0 Å². The van der Waals surface area contributed by atoms with E-state index in [9.17, 15) is 4.79 Å². The Morgan fingerprint density at radius 3 is 2.47 bits per heavy atom. The summed E-state index contributed by atoms with van der Waals surface area (Å²) in [5.74, 6) is 0.521. The predicted octanol–water partition coefficient (Wildman–Crippen LogP) is 4.11. The first-order valence-electron chi connectivity index (χ1n) is 7.15. The zero-order chi connectivity index (χ0) is 14.1. The maximum atomic E-state index is 11.1. The molecule has 0 aromatic heterocycles. The number of amides is 1. The van der Waals surface area contributed by atoms with Crippen LogP contribution in [0.25, 0.3) is 0 Å². The van der Waals surface area contributed by atoms with Crippen LogP contribution in [-0.2, 0) is 9.63 Å². The lowest BCUT2D eigenvalue weighted by Gasteiger charge is -2.21. The average molecular weight is 263 g/mol. The van der Waals surface area contributed by atoms with Gasteiger partial charge in [0.1, 0.15) is 0 Å². The van der Waals surface area contributed by atoms with Crippen molar-refractivity contribution in [2.45, 2.75) is 46.5 Å². The molecule has 0 saturated heterocycles. The van der Waals surface area contributed by atoms with E-state index in [4.69, 9.17) is 4.84 Å². The minimum absolute atomic E-state index is 0.521. The third-order valence-electron chi connectivity index (χ3n) is 3.38. The fraction of sp³-hybridized carbons (Fsp3) is 0.562. The van der Waals surface area contributed by atoms with E-state index >= 15 is 0 Å². The van der Waals surface area contributed by atoms with Gasteiger partial charge in [-0.25, -0.2) is 0 Å². The predicted molar refractivity (Wildman–Crippen MR) is 79.0 cm³/mol. The Bertz CT molecular complexity index is 362. The molecule has 1 atom stereocenters. The van der Waals surface area contributed by atoms with Crippen molar-refractivity contribution in [1.82, 2.24) is 0 Å². The van der Waals surface area contributed by atoms with E-state index in [1.54, 1.807) is 0 Å². The van der Waals surface area contributed by atoms with Crippen LogP contribution in [0.15, 0.2) is 24.3 Å². The number of rotatable bonds is 9. The van der Waals surface area contributed by atoms with Crippen molar-refractivity contribution in [2.24, 2.45) is 5.92 Å². The van der Waals surface area contributed by atoms with Gasteiger partial charge in [-0.05, 0) is 31.4 Å². The molecular weight excluding hydrogens is 238 g/mol. The first-order chi connectivity index (χ1) is 9.21. The Morgan fingerprint density at radius 1 is 1.26 bits per heavy atom. The normalized spacial score (nSPS) is 12.2. The smallest absolute Gasteiger partial charge is 0.238 e. The number of carbonyl (C=O) groups is 1. The van der Waals surface area contributed by atoms with Crippen molar-refractivity contribution in [1.29, 1.82) is 0 Å². The molecule has 1 aromatic rings. The molecule has 0 heterocycles. The highest BCUT2D eigenvalue weighted by molar-refractivity contribution is 5.72. The molecule has 3 heteroatoms. The molecule has 1 rings (SSSR count). The summed E-state index contributed by atoms with van der Waals surface area (Å²) in [6, 6.07) is 7.75. The summed E-state index contributed by atoms with van der Waals surface area (Å²) in [7, 11) is 0. The van der Waals surface area contributed by atoms with E-state index in [-0.39, 0.29) is 0 Å². The monoisotopic (exact) mass is 263 g/mol. The summed E-state index contributed by atoms with van der Waals surface area (Å²) in [6.07, 6.45) is 5.39. The number of anilines is 1. The zero-order valence-corrected chi connectivity index (χ0v) is 12.3. The van der Waals surface area contributed by atoms with E-state index in [1.165, 1.54) is 23.5 Å². The van der Waals surface area contributed by atoms with Gasteiger partial charge in [0, 0.05) is 0 Å². The molecule has 0 fully saturated rings. The number of benzene rings is 1. The number of aryl methyl sites for hydroxylation is 1. The maximum absolute atomic E-state index is 11.1. The first kappa shape index (κ1) is 15.7. The van der Waals surface area contributed by atoms with Crippen LogP contribution in [0.3, 0.4) is 0 Å². The number of nitrogens with zero attached hydrogens (tertiary/aromatic N) is 1. The van der Waals surface area contributed by atoms with Crippen LogP contribution in [0, 0.1) is 12.8 Å². The Hall–Kier alpha value is -1.35. The lowest BCUT2D eigenvalue weighted by atomic mass is 10.0. The van der Waals surface area contributed by atoms with Crippen molar-refractivity contribution in [3.63, 3.8) is 0 Å². The molecule has 0 aliphatic heterocycles. The highest BCUT2D eigenvalue weighted by Crippen LogP contribution is 2.17. The molecule has 1 amide bonds. The van der Waals surface area contributed by atoms with E-state index in [0.717, 1.165) is 24.9 Å². The third kappa shape index (κ3) is 5.43. The summed E-state index contributed by atoms with van der Waals surface area (Å²) in [6.45, 7) is 6.98. The molecule has 106 valence electrons. The Balaban J connectivity index is 2.52. The van der Waals surface area contributed by atoms with E-state index < -0.39 is 0 Å². The molecule has 0 spiro atoms. The van der Waals surface area contributed by atoms with Crippen LogP contribution in [0.2, 0.25) is 0 Å². The summed E-state index contributed by atoms with van der Waals surface area (Å²) in [4.78, 5) is 16.7. The molecule has 0 N–H and O–H groups in total. The van der Waals surface area contributed by atoms with E-state index in [2.05, 4.69) is 13.8 Å². The van der Waals surface area contributed by atoms with Crippen molar-refractivity contribution in [2.75, 3.05) is 11.7 Å². The second-order valence-corrected chi connectivity index (χ2v) is 4.98. The lowest BCUT2D eigenvalue weighted by molar-refractivity contribution is -0.114. The number of carbonyl (C=O) groups excluding carboxylic acids is 1. The fourth-order valence-electron chi connectivity index (χ4n) is 1.94. The third-order valence-corrected chi connectivity index (χ3v) is 3.38. The van der Waals surface area contributed by atoms with Crippen molar-refractivity contribution >= 4 is 12.1 Å². The summed E-state index contributed by atoms with van der Waals surface area (Å²) < 4.78 is 0. The van der Waals surface area contributed by atoms with Gasteiger partial charge in [-0.3, -0.25) is 9.63 Å². The molecule has 1 unspecified atom stereocenters. The van der Waals surface area contributed by atoms with Crippen LogP contribution in [-0.4, -0.2) is 13.0 Å². The highest BCUT2D eigenvalue weighted by Gasteiger charge is 2.11. The van der Waals surface area contributed by atoms with Gasteiger partial charge in [-0.2, -0.15) is 5.06 Å². The number of hydrogen-bond donors (Lipinski definition) is 0. The van der Waals surface area contributed by atoms with E-state index in [1.807, 2.05) is 31.2 Å².